The highest BCUT2D eigenvalue weighted by molar-refractivity contribution is 7.22. The number of hydrogen-bond donors (Lipinski definition) is 2. The molecular weight excluding hydrogens is 350 g/mol. The molecule has 1 aliphatic heterocycles. The number of rotatable bonds is 5. The molecular formula is C19H19N3O3S. The van der Waals surface area contributed by atoms with Crippen molar-refractivity contribution in [1.82, 2.24) is 10.3 Å². The summed E-state index contributed by atoms with van der Waals surface area (Å²) in [5.74, 6) is 1.43. The lowest BCUT2D eigenvalue weighted by Crippen LogP contribution is -2.29. The van der Waals surface area contributed by atoms with Crippen molar-refractivity contribution in [2.75, 3.05) is 25.1 Å². The summed E-state index contributed by atoms with van der Waals surface area (Å²) >= 11 is 1.42. The molecule has 0 aliphatic carbocycles. The molecule has 2 aromatic carbocycles. The molecule has 0 saturated carbocycles. The number of anilines is 1. The maximum Gasteiger partial charge on any atom is 0.321 e. The molecule has 7 heteroatoms. The Labute approximate surface area is 155 Å². The summed E-state index contributed by atoms with van der Waals surface area (Å²) in [5, 5.41) is 6.22. The van der Waals surface area contributed by atoms with Gasteiger partial charge in [-0.3, -0.25) is 5.32 Å². The average molecular weight is 369 g/mol. The lowest BCUT2D eigenvalue weighted by atomic mass is 10.1. The van der Waals surface area contributed by atoms with Gasteiger partial charge in [0.05, 0.1) is 10.2 Å². The largest absolute Gasteiger partial charge is 0.486 e. The third-order valence-corrected chi connectivity index (χ3v) is 4.98. The van der Waals surface area contributed by atoms with Crippen LogP contribution in [0, 0.1) is 0 Å². The van der Waals surface area contributed by atoms with Crippen LogP contribution in [0.1, 0.15) is 12.0 Å². The van der Waals surface area contributed by atoms with Gasteiger partial charge in [-0.05, 0) is 18.4 Å². The van der Waals surface area contributed by atoms with Crippen LogP contribution in [0.5, 0.6) is 11.5 Å². The van der Waals surface area contributed by atoms with Crippen molar-refractivity contribution in [2.45, 2.75) is 12.8 Å². The summed E-state index contributed by atoms with van der Waals surface area (Å²) in [5.41, 5.74) is 2.06. The molecule has 4 rings (SSSR count). The van der Waals surface area contributed by atoms with E-state index >= 15 is 0 Å². The number of nitrogens with zero attached hydrogens (tertiary/aromatic N) is 1. The highest BCUT2D eigenvalue weighted by Crippen LogP contribution is 2.37. The second-order valence-electron chi connectivity index (χ2n) is 5.95. The summed E-state index contributed by atoms with van der Waals surface area (Å²) in [6, 6.07) is 13.7. The van der Waals surface area contributed by atoms with Crippen molar-refractivity contribution in [3.63, 3.8) is 0 Å². The molecule has 3 aromatic rings. The van der Waals surface area contributed by atoms with E-state index in [2.05, 4.69) is 27.8 Å². The van der Waals surface area contributed by atoms with Crippen molar-refractivity contribution >= 4 is 32.7 Å². The summed E-state index contributed by atoms with van der Waals surface area (Å²) in [6.45, 7) is 1.70. The first kappa shape index (κ1) is 16.7. The number of thiazole rings is 1. The number of nitrogens with one attached hydrogen (secondary N) is 2. The number of aromatic nitrogens is 1. The number of carbonyl (C=O) groups excluding carboxylic acids is 1. The van der Waals surface area contributed by atoms with E-state index < -0.39 is 0 Å². The highest BCUT2D eigenvalue weighted by Gasteiger charge is 2.15. The molecule has 0 saturated heterocycles. The summed E-state index contributed by atoms with van der Waals surface area (Å²) in [6.07, 6.45) is 1.83. The Morgan fingerprint density at radius 2 is 1.88 bits per heavy atom. The van der Waals surface area contributed by atoms with Crippen molar-refractivity contribution < 1.29 is 14.3 Å². The van der Waals surface area contributed by atoms with Gasteiger partial charge < -0.3 is 14.8 Å². The molecule has 0 radical (unpaired) electrons. The maximum absolute atomic E-state index is 12.1. The van der Waals surface area contributed by atoms with Gasteiger partial charge in [0.1, 0.15) is 13.2 Å². The Hall–Kier alpha value is -2.80. The Morgan fingerprint density at radius 3 is 2.69 bits per heavy atom. The van der Waals surface area contributed by atoms with E-state index in [-0.39, 0.29) is 6.03 Å². The highest BCUT2D eigenvalue weighted by atomic mass is 32.1. The Bertz CT molecular complexity index is 868. The predicted octanol–water partition coefficient (Wildman–Crippen LogP) is 3.82. The van der Waals surface area contributed by atoms with E-state index in [0.29, 0.717) is 30.6 Å². The number of ether oxygens (including phenoxy) is 2. The van der Waals surface area contributed by atoms with Crippen molar-refractivity contribution in [2.24, 2.45) is 0 Å². The first-order valence-corrected chi connectivity index (χ1v) is 9.38. The minimum Gasteiger partial charge on any atom is -0.486 e. The van der Waals surface area contributed by atoms with Gasteiger partial charge in [0.15, 0.2) is 16.6 Å². The van der Waals surface area contributed by atoms with Crippen LogP contribution < -0.4 is 20.1 Å². The number of aryl methyl sites for hydroxylation is 1. The molecule has 0 atom stereocenters. The lowest BCUT2D eigenvalue weighted by molar-refractivity contribution is 0.172. The zero-order chi connectivity index (χ0) is 17.8. The maximum atomic E-state index is 12.1. The van der Waals surface area contributed by atoms with E-state index in [1.807, 2.05) is 30.3 Å². The van der Waals surface area contributed by atoms with E-state index in [0.717, 1.165) is 28.8 Å². The first-order valence-electron chi connectivity index (χ1n) is 8.57. The molecule has 0 spiro atoms. The number of carbonyl (C=O) groups is 1. The molecule has 1 aliphatic rings. The van der Waals surface area contributed by atoms with Crippen LogP contribution in [-0.4, -0.2) is 30.8 Å². The SMILES string of the molecule is O=C(NCCCc1ccccc1)Nc1nc2cc3c(cc2s1)OCCO3. The van der Waals surface area contributed by atoms with Crippen molar-refractivity contribution in [3.8, 4) is 11.5 Å². The Balaban J connectivity index is 1.31. The van der Waals surface area contributed by atoms with Crippen LogP contribution in [0.3, 0.4) is 0 Å². The standard InChI is InChI=1S/C19H19N3O3S/c23-18(20-8-4-7-13-5-2-1-3-6-13)22-19-21-14-11-15-16(12-17(14)26-19)25-10-9-24-15/h1-3,5-6,11-12H,4,7-10H2,(H2,20,21,22,23). The van der Waals surface area contributed by atoms with Gasteiger partial charge in [-0.25, -0.2) is 9.78 Å². The van der Waals surface area contributed by atoms with Crippen LogP contribution in [-0.2, 0) is 6.42 Å². The number of hydrogen-bond acceptors (Lipinski definition) is 5. The normalized spacial score (nSPS) is 12.8. The van der Waals surface area contributed by atoms with Gasteiger partial charge in [0.2, 0.25) is 0 Å². The van der Waals surface area contributed by atoms with Crippen LogP contribution in [0.15, 0.2) is 42.5 Å². The van der Waals surface area contributed by atoms with Gasteiger partial charge in [0.25, 0.3) is 0 Å². The van der Waals surface area contributed by atoms with Crippen molar-refractivity contribution in [3.05, 3.63) is 48.0 Å². The molecule has 1 aromatic heterocycles. The summed E-state index contributed by atoms with van der Waals surface area (Å²) < 4.78 is 12.1. The number of benzene rings is 2. The fourth-order valence-electron chi connectivity index (χ4n) is 2.80. The molecule has 0 bridgehead atoms. The molecule has 26 heavy (non-hydrogen) atoms. The minimum absolute atomic E-state index is 0.241. The number of fused-ring (bicyclic) bond motifs is 2. The van der Waals surface area contributed by atoms with E-state index in [1.165, 1.54) is 16.9 Å². The Kier molecular flexibility index (Phi) is 4.88. The molecule has 0 fully saturated rings. The molecule has 134 valence electrons. The first-order chi connectivity index (χ1) is 12.8. The average Bonchev–Trinajstić information content (AvgIpc) is 3.05. The van der Waals surface area contributed by atoms with Crippen molar-refractivity contribution in [1.29, 1.82) is 0 Å². The smallest absolute Gasteiger partial charge is 0.321 e. The van der Waals surface area contributed by atoms with Gasteiger partial charge in [0, 0.05) is 18.7 Å². The predicted molar refractivity (Wildman–Crippen MR) is 102 cm³/mol. The van der Waals surface area contributed by atoms with E-state index in [9.17, 15) is 4.79 Å². The fourth-order valence-corrected chi connectivity index (χ4v) is 3.67. The lowest BCUT2D eigenvalue weighted by Gasteiger charge is -2.17. The molecule has 2 N–H and O–H groups in total. The molecule has 2 amide bonds. The number of amides is 2. The van der Waals surface area contributed by atoms with E-state index in [1.54, 1.807) is 0 Å². The second kappa shape index (κ2) is 7.61. The monoisotopic (exact) mass is 369 g/mol. The summed E-state index contributed by atoms with van der Waals surface area (Å²) in [7, 11) is 0. The van der Waals surface area contributed by atoms with Gasteiger partial charge in [-0.1, -0.05) is 41.7 Å². The molecule has 0 unspecified atom stereocenters. The third kappa shape index (κ3) is 3.88. The third-order valence-electron chi connectivity index (χ3n) is 4.04. The minimum atomic E-state index is -0.241. The topological polar surface area (TPSA) is 72.5 Å². The number of urea groups is 1. The summed E-state index contributed by atoms with van der Waals surface area (Å²) in [4.78, 5) is 16.5. The fraction of sp³-hybridized carbons (Fsp3) is 0.263. The van der Waals surface area contributed by atoms with E-state index in [4.69, 9.17) is 9.47 Å². The second-order valence-corrected chi connectivity index (χ2v) is 6.98. The molecule has 6 nitrogen and oxygen atoms in total. The quantitative estimate of drug-likeness (QED) is 0.671. The molecule has 2 heterocycles. The van der Waals surface area contributed by atoms with Gasteiger partial charge in [-0.2, -0.15) is 0 Å². The van der Waals surface area contributed by atoms with Crippen LogP contribution in [0.2, 0.25) is 0 Å². The van der Waals surface area contributed by atoms with Crippen LogP contribution >= 0.6 is 11.3 Å². The van der Waals surface area contributed by atoms with Crippen LogP contribution in [0.25, 0.3) is 10.2 Å². The van der Waals surface area contributed by atoms with Gasteiger partial charge >= 0.3 is 6.03 Å². The zero-order valence-corrected chi connectivity index (χ0v) is 15.0. The zero-order valence-electron chi connectivity index (χ0n) is 14.2. The van der Waals surface area contributed by atoms with Crippen LogP contribution in [0.4, 0.5) is 9.93 Å². The van der Waals surface area contributed by atoms with Gasteiger partial charge in [-0.15, -0.1) is 0 Å². The Morgan fingerprint density at radius 1 is 1.12 bits per heavy atom.